The molecule has 2 bridgehead atoms. The Balaban J connectivity index is 1.83. The molecule has 2 nitrogen and oxygen atoms in total. The first-order valence-electron chi connectivity index (χ1n) is 7.47. The van der Waals surface area contributed by atoms with Crippen molar-refractivity contribution in [2.24, 2.45) is 0 Å². The lowest BCUT2D eigenvalue weighted by Crippen LogP contribution is -2.49. The van der Waals surface area contributed by atoms with E-state index in [-0.39, 0.29) is 0 Å². The maximum atomic E-state index is 3.75. The van der Waals surface area contributed by atoms with Crippen molar-refractivity contribution in [3.63, 3.8) is 0 Å². The second-order valence-corrected chi connectivity index (χ2v) is 6.83. The minimum Gasteiger partial charge on any atom is -0.365 e. The first-order valence-corrected chi connectivity index (χ1v) is 8.26. The summed E-state index contributed by atoms with van der Waals surface area (Å²) in [5, 5.41) is 3.64. The van der Waals surface area contributed by atoms with Crippen molar-refractivity contribution in [1.82, 2.24) is 5.32 Å². The van der Waals surface area contributed by atoms with Gasteiger partial charge in [0, 0.05) is 22.6 Å². The van der Waals surface area contributed by atoms with E-state index in [1.807, 2.05) is 0 Å². The van der Waals surface area contributed by atoms with Crippen molar-refractivity contribution in [3.8, 4) is 0 Å². The van der Waals surface area contributed by atoms with Gasteiger partial charge in [-0.3, -0.25) is 0 Å². The number of benzene rings is 1. The molecule has 2 fully saturated rings. The lowest BCUT2D eigenvalue weighted by molar-refractivity contribution is 0.361. The Kier molecular flexibility index (Phi) is 3.86. The fraction of sp³-hybridized carbons (Fsp3) is 0.625. The van der Waals surface area contributed by atoms with Crippen LogP contribution in [0, 0.1) is 6.92 Å². The largest absolute Gasteiger partial charge is 0.365 e. The molecule has 0 spiro atoms. The van der Waals surface area contributed by atoms with E-state index in [9.17, 15) is 0 Å². The van der Waals surface area contributed by atoms with E-state index in [4.69, 9.17) is 0 Å². The van der Waals surface area contributed by atoms with E-state index in [0.29, 0.717) is 0 Å². The Bertz CT molecular complexity index is 446. The molecule has 3 rings (SSSR count). The van der Waals surface area contributed by atoms with E-state index in [1.54, 1.807) is 0 Å². The van der Waals surface area contributed by atoms with Gasteiger partial charge in [-0.1, -0.05) is 13.0 Å². The van der Waals surface area contributed by atoms with Crippen LogP contribution in [0.1, 0.15) is 38.2 Å². The highest BCUT2D eigenvalue weighted by Gasteiger charge is 2.40. The van der Waals surface area contributed by atoms with Crippen LogP contribution in [0.15, 0.2) is 22.7 Å². The molecule has 2 atom stereocenters. The average Bonchev–Trinajstić information content (AvgIpc) is 2.63. The summed E-state index contributed by atoms with van der Waals surface area (Å²) in [4.78, 5) is 2.68. The predicted octanol–water partition coefficient (Wildman–Crippen LogP) is 3.87. The van der Waals surface area contributed by atoms with Crippen LogP contribution >= 0.6 is 15.9 Å². The summed E-state index contributed by atoms with van der Waals surface area (Å²) in [6.45, 7) is 5.46. The number of nitrogens with zero attached hydrogens (tertiary/aromatic N) is 1. The summed E-state index contributed by atoms with van der Waals surface area (Å²) in [6.07, 6.45) is 5.30. The molecule has 1 aromatic rings. The maximum Gasteiger partial charge on any atom is 0.0515 e. The van der Waals surface area contributed by atoms with Crippen molar-refractivity contribution in [2.45, 2.75) is 57.7 Å². The third-order valence-electron chi connectivity index (χ3n) is 4.61. The third kappa shape index (κ3) is 2.55. The first kappa shape index (κ1) is 13.4. The number of hydrogen-bond acceptors (Lipinski definition) is 2. The minimum atomic E-state index is 0.724. The molecule has 0 radical (unpaired) electrons. The maximum absolute atomic E-state index is 3.75. The van der Waals surface area contributed by atoms with Gasteiger partial charge in [-0.15, -0.1) is 0 Å². The zero-order valence-electron chi connectivity index (χ0n) is 11.8. The van der Waals surface area contributed by atoms with Crippen molar-refractivity contribution in [3.05, 3.63) is 28.2 Å². The van der Waals surface area contributed by atoms with E-state index in [2.05, 4.69) is 58.2 Å². The Hall–Kier alpha value is -0.540. The molecule has 2 heterocycles. The van der Waals surface area contributed by atoms with Gasteiger partial charge in [0.2, 0.25) is 0 Å². The number of halogens is 1. The van der Waals surface area contributed by atoms with Gasteiger partial charge in [-0.2, -0.15) is 0 Å². The van der Waals surface area contributed by atoms with Crippen LogP contribution < -0.4 is 10.2 Å². The van der Waals surface area contributed by atoms with Crippen LogP contribution in [-0.4, -0.2) is 24.7 Å². The van der Waals surface area contributed by atoms with E-state index in [1.165, 1.54) is 41.4 Å². The third-order valence-corrected chi connectivity index (χ3v) is 5.24. The smallest absolute Gasteiger partial charge is 0.0515 e. The van der Waals surface area contributed by atoms with Gasteiger partial charge in [0.15, 0.2) is 0 Å². The van der Waals surface area contributed by atoms with Crippen molar-refractivity contribution in [1.29, 1.82) is 0 Å². The fourth-order valence-electron chi connectivity index (χ4n) is 3.85. The van der Waals surface area contributed by atoms with Crippen LogP contribution in [0.3, 0.4) is 0 Å². The highest BCUT2D eigenvalue weighted by atomic mass is 79.9. The van der Waals surface area contributed by atoms with E-state index in [0.717, 1.165) is 24.7 Å². The van der Waals surface area contributed by atoms with Gasteiger partial charge in [-0.05, 0) is 72.8 Å². The molecule has 0 aromatic heterocycles. The van der Waals surface area contributed by atoms with Gasteiger partial charge >= 0.3 is 0 Å². The molecule has 104 valence electrons. The van der Waals surface area contributed by atoms with E-state index >= 15 is 0 Å². The molecule has 1 N–H and O–H groups in total. The summed E-state index contributed by atoms with van der Waals surface area (Å²) in [5.41, 5.74) is 2.72. The van der Waals surface area contributed by atoms with Crippen LogP contribution in [0.5, 0.6) is 0 Å². The van der Waals surface area contributed by atoms with Gasteiger partial charge in [0.25, 0.3) is 0 Å². The van der Waals surface area contributed by atoms with E-state index < -0.39 is 0 Å². The van der Waals surface area contributed by atoms with Crippen molar-refractivity contribution in [2.75, 3.05) is 11.4 Å². The Morgan fingerprint density at radius 1 is 1.26 bits per heavy atom. The molecule has 2 unspecified atom stereocenters. The monoisotopic (exact) mass is 322 g/mol. The zero-order valence-corrected chi connectivity index (χ0v) is 13.4. The number of aryl methyl sites for hydroxylation is 1. The van der Waals surface area contributed by atoms with Gasteiger partial charge < -0.3 is 10.2 Å². The highest BCUT2D eigenvalue weighted by molar-refractivity contribution is 9.10. The number of hydrogen-bond donors (Lipinski definition) is 1. The van der Waals surface area contributed by atoms with Crippen molar-refractivity contribution >= 4 is 21.6 Å². The fourth-order valence-corrected chi connectivity index (χ4v) is 4.55. The highest BCUT2D eigenvalue weighted by Crippen LogP contribution is 2.42. The molecule has 1 aromatic carbocycles. The molecule has 0 aliphatic carbocycles. The van der Waals surface area contributed by atoms with Gasteiger partial charge in [0.1, 0.15) is 0 Å². The summed E-state index contributed by atoms with van der Waals surface area (Å²) < 4.78 is 1.26. The summed E-state index contributed by atoms with van der Waals surface area (Å²) in [6, 6.07) is 8.94. The van der Waals surface area contributed by atoms with Crippen LogP contribution in [-0.2, 0) is 0 Å². The standard InChI is InChI=1S/C16H23BrN2/c1-3-18-12-9-13-5-6-14(10-12)19(13)16-7-4-11(2)8-15(16)17/h4,7-8,12-14,18H,3,5-6,9-10H2,1-2H3. The number of piperidine rings is 1. The first-order chi connectivity index (χ1) is 9.19. The van der Waals surface area contributed by atoms with Crippen LogP contribution in [0.25, 0.3) is 0 Å². The SMILES string of the molecule is CCNC1CC2CCC(C1)N2c1ccc(C)cc1Br. The molecule has 19 heavy (non-hydrogen) atoms. The average molecular weight is 323 g/mol. The molecular weight excluding hydrogens is 300 g/mol. The lowest BCUT2D eigenvalue weighted by atomic mass is 9.96. The molecule has 3 heteroatoms. The Labute approximate surface area is 124 Å². The summed E-state index contributed by atoms with van der Waals surface area (Å²) >= 11 is 3.75. The minimum absolute atomic E-state index is 0.724. The zero-order chi connectivity index (χ0) is 13.4. The second-order valence-electron chi connectivity index (χ2n) is 5.97. The second kappa shape index (κ2) is 5.45. The van der Waals surface area contributed by atoms with Crippen LogP contribution in [0.4, 0.5) is 5.69 Å². The van der Waals surface area contributed by atoms with Gasteiger partial charge in [-0.25, -0.2) is 0 Å². The normalized spacial score (nSPS) is 29.8. The molecule has 2 saturated heterocycles. The lowest BCUT2D eigenvalue weighted by Gasteiger charge is -2.41. The summed E-state index contributed by atoms with van der Waals surface area (Å²) in [7, 11) is 0. The molecular formula is C16H23BrN2. The molecule has 0 saturated carbocycles. The van der Waals surface area contributed by atoms with Gasteiger partial charge in [0.05, 0.1) is 5.69 Å². The Morgan fingerprint density at radius 2 is 1.95 bits per heavy atom. The van der Waals surface area contributed by atoms with Crippen LogP contribution in [0.2, 0.25) is 0 Å². The summed E-state index contributed by atoms with van der Waals surface area (Å²) in [5.74, 6) is 0. The number of fused-ring (bicyclic) bond motifs is 2. The Morgan fingerprint density at radius 3 is 2.53 bits per heavy atom. The number of anilines is 1. The predicted molar refractivity (Wildman–Crippen MR) is 84.9 cm³/mol. The number of nitrogens with one attached hydrogen (secondary N) is 1. The topological polar surface area (TPSA) is 15.3 Å². The molecule has 0 amide bonds. The number of rotatable bonds is 3. The van der Waals surface area contributed by atoms with Crippen molar-refractivity contribution < 1.29 is 0 Å². The molecule has 2 aliphatic rings. The molecule has 2 aliphatic heterocycles. The quantitative estimate of drug-likeness (QED) is 0.908.